The van der Waals surface area contributed by atoms with Crippen LogP contribution in [0, 0.1) is 12.8 Å². The molecule has 2 rings (SSSR count). The molecule has 1 aliphatic heterocycles. The molecule has 0 aliphatic carbocycles. The summed E-state index contributed by atoms with van der Waals surface area (Å²) in [4.78, 5) is 14.1. The Kier molecular flexibility index (Phi) is 5.05. The first-order valence-corrected chi connectivity index (χ1v) is 7.47. The van der Waals surface area contributed by atoms with Gasteiger partial charge in [0, 0.05) is 20.1 Å². The van der Waals surface area contributed by atoms with E-state index in [0.29, 0.717) is 6.61 Å². The van der Waals surface area contributed by atoms with Crippen LogP contribution >= 0.6 is 11.6 Å². The number of likely N-dealkylation sites (tertiary alicyclic amines) is 1. The molecular formula is C14H22ClN3O2. The second-order valence-corrected chi connectivity index (χ2v) is 5.67. The highest BCUT2D eigenvalue weighted by molar-refractivity contribution is 6.31. The summed E-state index contributed by atoms with van der Waals surface area (Å²) in [7, 11) is 1.90. The SMILES string of the molecule is CCOC(=O)[C@@H]1CCCN(Cc2c(Cl)c(C)nn2C)C1. The van der Waals surface area contributed by atoms with E-state index < -0.39 is 0 Å². The van der Waals surface area contributed by atoms with E-state index in [-0.39, 0.29) is 11.9 Å². The Morgan fingerprint density at radius 2 is 2.30 bits per heavy atom. The Balaban J connectivity index is 2.01. The molecular weight excluding hydrogens is 278 g/mol. The third-order valence-corrected chi connectivity index (χ3v) is 4.25. The molecule has 6 heteroatoms. The minimum Gasteiger partial charge on any atom is -0.466 e. The number of carbonyl (C=O) groups excluding carboxylic acids is 1. The molecule has 2 heterocycles. The second kappa shape index (κ2) is 6.59. The van der Waals surface area contributed by atoms with Crippen LogP contribution in [0.1, 0.15) is 31.2 Å². The van der Waals surface area contributed by atoms with Gasteiger partial charge in [-0.15, -0.1) is 0 Å². The zero-order chi connectivity index (χ0) is 14.7. The minimum absolute atomic E-state index is 0.0169. The summed E-state index contributed by atoms with van der Waals surface area (Å²) in [6.45, 7) is 6.64. The molecule has 1 aromatic heterocycles. The average molecular weight is 300 g/mol. The summed E-state index contributed by atoms with van der Waals surface area (Å²) in [5.74, 6) is -0.0960. The van der Waals surface area contributed by atoms with Gasteiger partial charge in [-0.05, 0) is 33.2 Å². The number of carbonyl (C=O) groups is 1. The van der Waals surface area contributed by atoms with E-state index in [0.717, 1.165) is 48.9 Å². The topological polar surface area (TPSA) is 47.4 Å². The zero-order valence-corrected chi connectivity index (χ0v) is 13.1. The van der Waals surface area contributed by atoms with Crippen molar-refractivity contribution in [1.82, 2.24) is 14.7 Å². The quantitative estimate of drug-likeness (QED) is 0.799. The molecule has 0 unspecified atom stereocenters. The number of aromatic nitrogens is 2. The van der Waals surface area contributed by atoms with Gasteiger partial charge in [-0.2, -0.15) is 5.10 Å². The smallest absolute Gasteiger partial charge is 0.310 e. The molecule has 0 amide bonds. The van der Waals surface area contributed by atoms with Crippen molar-refractivity contribution in [2.75, 3.05) is 19.7 Å². The minimum atomic E-state index is -0.0792. The standard InChI is InChI=1S/C14H22ClN3O2/c1-4-20-14(19)11-6-5-7-18(8-11)9-12-13(15)10(2)16-17(12)3/h11H,4-9H2,1-3H3/t11-/m1/s1. The van der Waals surface area contributed by atoms with Crippen molar-refractivity contribution in [2.24, 2.45) is 13.0 Å². The third kappa shape index (κ3) is 3.33. The van der Waals surface area contributed by atoms with Gasteiger partial charge in [0.1, 0.15) is 0 Å². The zero-order valence-electron chi connectivity index (χ0n) is 12.4. The highest BCUT2D eigenvalue weighted by atomic mass is 35.5. The normalized spacial score (nSPS) is 20.1. The number of ether oxygens (including phenoxy) is 1. The highest BCUT2D eigenvalue weighted by Crippen LogP contribution is 2.24. The number of hydrogen-bond acceptors (Lipinski definition) is 4. The van der Waals surface area contributed by atoms with Crippen LogP contribution < -0.4 is 0 Å². The molecule has 1 aromatic rings. The van der Waals surface area contributed by atoms with Gasteiger partial charge in [0.05, 0.1) is 28.9 Å². The van der Waals surface area contributed by atoms with Gasteiger partial charge >= 0.3 is 5.97 Å². The lowest BCUT2D eigenvalue weighted by Crippen LogP contribution is -2.39. The van der Waals surface area contributed by atoms with Crippen molar-refractivity contribution < 1.29 is 9.53 Å². The van der Waals surface area contributed by atoms with Crippen molar-refractivity contribution in [3.8, 4) is 0 Å². The van der Waals surface area contributed by atoms with Crippen LogP contribution in [-0.4, -0.2) is 40.3 Å². The fraction of sp³-hybridized carbons (Fsp3) is 0.714. The van der Waals surface area contributed by atoms with Crippen molar-refractivity contribution in [1.29, 1.82) is 0 Å². The Morgan fingerprint density at radius 3 is 2.90 bits per heavy atom. The first kappa shape index (κ1) is 15.3. The van der Waals surface area contributed by atoms with Crippen LogP contribution in [0.5, 0.6) is 0 Å². The number of hydrogen-bond donors (Lipinski definition) is 0. The molecule has 0 bridgehead atoms. The van der Waals surface area contributed by atoms with Crippen molar-refractivity contribution in [2.45, 2.75) is 33.2 Å². The van der Waals surface area contributed by atoms with Crippen LogP contribution in [0.15, 0.2) is 0 Å². The monoisotopic (exact) mass is 299 g/mol. The van der Waals surface area contributed by atoms with Crippen LogP contribution in [-0.2, 0) is 23.1 Å². The molecule has 0 radical (unpaired) electrons. The van der Waals surface area contributed by atoms with Gasteiger partial charge in [-0.25, -0.2) is 0 Å². The number of aryl methyl sites for hydroxylation is 2. The summed E-state index contributed by atoms with van der Waals surface area (Å²) < 4.78 is 6.95. The predicted molar refractivity (Wildman–Crippen MR) is 77.6 cm³/mol. The molecule has 5 nitrogen and oxygen atoms in total. The summed E-state index contributed by atoms with van der Waals surface area (Å²) in [6, 6.07) is 0. The van der Waals surface area contributed by atoms with Gasteiger partial charge in [0.2, 0.25) is 0 Å². The van der Waals surface area contributed by atoms with Crippen LogP contribution in [0.25, 0.3) is 0 Å². The molecule has 0 N–H and O–H groups in total. The molecule has 0 spiro atoms. The Labute approximate surface area is 124 Å². The number of piperidine rings is 1. The second-order valence-electron chi connectivity index (χ2n) is 5.30. The van der Waals surface area contributed by atoms with E-state index in [2.05, 4.69) is 10.00 Å². The molecule has 1 fully saturated rings. The van der Waals surface area contributed by atoms with E-state index in [1.807, 2.05) is 25.6 Å². The number of rotatable bonds is 4. The van der Waals surface area contributed by atoms with Gasteiger partial charge in [-0.1, -0.05) is 11.6 Å². The van der Waals surface area contributed by atoms with E-state index >= 15 is 0 Å². The lowest BCUT2D eigenvalue weighted by Gasteiger charge is -2.31. The average Bonchev–Trinajstić information content (AvgIpc) is 2.66. The molecule has 1 aliphatic rings. The van der Waals surface area contributed by atoms with Crippen LogP contribution in [0.2, 0.25) is 5.02 Å². The number of halogens is 1. The highest BCUT2D eigenvalue weighted by Gasteiger charge is 2.27. The summed E-state index contributed by atoms with van der Waals surface area (Å²) in [6.07, 6.45) is 1.92. The number of esters is 1. The maximum absolute atomic E-state index is 11.8. The Morgan fingerprint density at radius 1 is 1.55 bits per heavy atom. The first-order valence-electron chi connectivity index (χ1n) is 7.09. The largest absolute Gasteiger partial charge is 0.466 e. The molecule has 20 heavy (non-hydrogen) atoms. The molecule has 1 saturated heterocycles. The number of nitrogens with zero attached hydrogens (tertiary/aromatic N) is 3. The maximum atomic E-state index is 11.8. The molecule has 1 atom stereocenters. The first-order chi connectivity index (χ1) is 9.52. The van der Waals surface area contributed by atoms with Crippen molar-refractivity contribution in [3.63, 3.8) is 0 Å². The lowest BCUT2D eigenvalue weighted by molar-refractivity contribution is -0.150. The lowest BCUT2D eigenvalue weighted by atomic mass is 9.98. The summed E-state index contributed by atoms with van der Waals surface area (Å²) >= 11 is 6.28. The van der Waals surface area contributed by atoms with E-state index in [9.17, 15) is 4.79 Å². The van der Waals surface area contributed by atoms with Gasteiger partial charge in [-0.3, -0.25) is 14.4 Å². The Hall–Kier alpha value is -1.07. The van der Waals surface area contributed by atoms with Crippen LogP contribution in [0.3, 0.4) is 0 Å². The van der Waals surface area contributed by atoms with E-state index in [1.165, 1.54) is 0 Å². The maximum Gasteiger partial charge on any atom is 0.310 e. The Bertz CT molecular complexity index is 487. The van der Waals surface area contributed by atoms with Crippen LogP contribution in [0.4, 0.5) is 0 Å². The third-order valence-electron chi connectivity index (χ3n) is 3.76. The van der Waals surface area contributed by atoms with E-state index in [1.54, 1.807) is 0 Å². The predicted octanol–water partition coefficient (Wildman–Crippen LogP) is 2.16. The molecule has 112 valence electrons. The molecule has 0 saturated carbocycles. The summed E-state index contributed by atoms with van der Waals surface area (Å²) in [5, 5.41) is 5.05. The van der Waals surface area contributed by atoms with Crippen molar-refractivity contribution in [3.05, 3.63) is 16.4 Å². The van der Waals surface area contributed by atoms with Crippen molar-refractivity contribution >= 4 is 17.6 Å². The fourth-order valence-corrected chi connectivity index (χ4v) is 2.94. The van der Waals surface area contributed by atoms with Gasteiger partial charge in [0.15, 0.2) is 0 Å². The van der Waals surface area contributed by atoms with Gasteiger partial charge in [0.25, 0.3) is 0 Å². The summed E-state index contributed by atoms with van der Waals surface area (Å²) in [5.41, 5.74) is 1.86. The van der Waals surface area contributed by atoms with Gasteiger partial charge < -0.3 is 4.74 Å². The fourth-order valence-electron chi connectivity index (χ4n) is 2.72. The molecule has 0 aromatic carbocycles. The van der Waals surface area contributed by atoms with E-state index in [4.69, 9.17) is 16.3 Å².